The van der Waals surface area contributed by atoms with Crippen LogP contribution < -0.4 is 14.8 Å². The molecule has 4 aromatic rings. The van der Waals surface area contributed by atoms with Crippen molar-refractivity contribution < 1.29 is 22.7 Å². The average Bonchev–Trinajstić information content (AvgIpc) is 2.93. The fourth-order valence-corrected chi connectivity index (χ4v) is 5.49. The highest BCUT2D eigenvalue weighted by molar-refractivity contribution is 7.89. The summed E-state index contributed by atoms with van der Waals surface area (Å²) < 4.78 is 33.8. The second-order valence-corrected chi connectivity index (χ2v) is 11.1. The highest BCUT2D eigenvalue weighted by atomic mass is 35.5. The Balaban J connectivity index is 1.42. The molecular weight excluding hydrogens is 559 g/mol. The maximum absolute atomic E-state index is 13.0. The van der Waals surface area contributed by atoms with Crippen molar-refractivity contribution in [2.45, 2.75) is 17.9 Å². The first-order chi connectivity index (χ1) is 18.6. The molecule has 0 spiro atoms. The third kappa shape index (κ3) is 7.25. The largest absolute Gasteiger partial charge is 0.482 e. The summed E-state index contributed by atoms with van der Waals surface area (Å²) in [5.74, 6) is -0.728. The Bertz CT molecular complexity index is 1600. The first-order valence-corrected chi connectivity index (χ1v) is 14.1. The van der Waals surface area contributed by atoms with Crippen molar-refractivity contribution in [3.05, 3.63) is 124 Å². The van der Waals surface area contributed by atoms with Gasteiger partial charge in [0.2, 0.25) is 10.0 Å². The van der Waals surface area contributed by atoms with Gasteiger partial charge in [-0.15, -0.1) is 0 Å². The van der Waals surface area contributed by atoms with Gasteiger partial charge in [-0.1, -0.05) is 83.9 Å². The molecule has 0 saturated carbocycles. The minimum Gasteiger partial charge on any atom is -0.482 e. The topological polar surface area (TPSA) is 102 Å². The van der Waals surface area contributed by atoms with Gasteiger partial charge in [-0.25, -0.2) is 13.1 Å². The molecule has 7 nitrogen and oxygen atoms in total. The maximum Gasteiger partial charge on any atom is 0.262 e. The van der Waals surface area contributed by atoms with Crippen LogP contribution in [0.25, 0.3) is 0 Å². The molecule has 39 heavy (non-hydrogen) atoms. The normalized spacial score (nSPS) is 12.0. The first kappa shape index (κ1) is 28.3. The van der Waals surface area contributed by atoms with E-state index in [2.05, 4.69) is 10.0 Å². The Labute approximate surface area is 236 Å². The number of halogens is 2. The SMILES string of the molecule is C[C@@H](NS(=O)(=O)c1ccc(OCC(=O)Nc2ccc(Cl)cc2C(=O)c2ccccc2)c(Cl)c1)c1ccccc1. The summed E-state index contributed by atoms with van der Waals surface area (Å²) >= 11 is 12.4. The lowest BCUT2D eigenvalue weighted by Gasteiger charge is -2.16. The highest BCUT2D eigenvalue weighted by Gasteiger charge is 2.21. The van der Waals surface area contributed by atoms with Crippen LogP contribution in [0.15, 0.2) is 102 Å². The van der Waals surface area contributed by atoms with Crippen molar-refractivity contribution in [1.82, 2.24) is 4.72 Å². The number of hydrogen-bond acceptors (Lipinski definition) is 5. The second-order valence-electron chi connectivity index (χ2n) is 8.57. The molecule has 1 atom stereocenters. The number of benzene rings is 4. The van der Waals surface area contributed by atoms with E-state index in [0.717, 1.165) is 5.56 Å². The van der Waals surface area contributed by atoms with E-state index in [1.807, 2.05) is 30.3 Å². The third-order valence-electron chi connectivity index (χ3n) is 5.74. The van der Waals surface area contributed by atoms with Crippen LogP contribution in [0, 0.1) is 0 Å². The molecule has 0 fully saturated rings. The fraction of sp³-hybridized carbons (Fsp3) is 0.103. The van der Waals surface area contributed by atoms with Gasteiger partial charge in [0.15, 0.2) is 12.4 Å². The molecule has 2 N–H and O–H groups in total. The van der Waals surface area contributed by atoms with Gasteiger partial charge < -0.3 is 10.1 Å². The molecule has 0 bridgehead atoms. The van der Waals surface area contributed by atoms with Crippen LogP contribution in [-0.2, 0) is 14.8 Å². The van der Waals surface area contributed by atoms with Crippen LogP contribution >= 0.6 is 23.2 Å². The van der Waals surface area contributed by atoms with Gasteiger partial charge in [-0.3, -0.25) is 9.59 Å². The van der Waals surface area contributed by atoms with Crippen LogP contribution in [0.1, 0.15) is 34.5 Å². The van der Waals surface area contributed by atoms with E-state index in [0.29, 0.717) is 10.6 Å². The summed E-state index contributed by atoms with van der Waals surface area (Å²) in [5, 5.41) is 3.02. The van der Waals surface area contributed by atoms with Crippen LogP contribution in [-0.4, -0.2) is 26.7 Å². The summed E-state index contributed by atoms with van der Waals surface area (Å²) in [6, 6.07) is 25.9. The molecule has 0 radical (unpaired) electrons. The lowest BCUT2D eigenvalue weighted by Crippen LogP contribution is -2.27. The van der Waals surface area contributed by atoms with E-state index in [1.54, 1.807) is 43.3 Å². The smallest absolute Gasteiger partial charge is 0.262 e. The second kappa shape index (κ2) is 12.4. The minimum absolute atomic E-state index is 0.0180. The van der Waals surface area contributed by atoms with Gasteiger partial charge in [0.1, 0.15) is 5.75 Å². The molecule has 0 aliphatic rings. The Morgan fingerprint density at radius 3 is 2.21 bits per heavy atom. The number of nitrogens with one attached hydrogen (secondary N) is 2. The number of carbonyl (C=O) groups is 2. The highest BCUT2D eigenvalue weighted by Crippen LogP contribution is 2.29. The van der Waals surface area contributed by atoms with Gasteiger partial charge in [0.05, 0.1) is 15.6 Å². The van der Waals surface area contributed by atoms with Gasteiger partial charge >= 0.3 is 0 Å². The number of sulfonamides is 1. The quantitative estimate of drug-likeness (QED) is 0.214. The van der Waals surface area contributed by atoms with E-state index in [4.69, 9.17) is 27.9 Å². The Hall–Kier alpha value is -3.69. The van der Waals surface area contributed by atoms with Crippen molar-refractivity contribution in [2.75, 3.05) is 11.9 Å². The Morgan fingerprint density at radius 2 is 1.54 bits per heavy atom. The Kier molecular flexibility index (Phi) is 9.04. The van der Waals surface area contributed by atoms with E-state index in [-0.39, 0.29) is 32.7 Å². The number of amides is 1. The molecule has 0 saturated heterocycles. The first-order valence-electron chi connectivity index (χ1n) is 11.8. The Morgan fingerprint density at radius 1 is 0.872 bits per heavy atom. The molecule has 0 aliphatic carbocycles. The van der Waals surface area contributed by atoms with Crippen molar-refractivity contribution in [3.63, 3.8) is 0 Å². The standard InChI is InChI=1S/C29H24Cl2N2O5S/c1-19(20-8-4-2-5-9-20)33-39(36,37)23-13-15-27(25(31)17-23)38-18-28(34)32-26-14-12-22(30)16-24(26)29(35)21-10-6-3-7-11-21/h2-17,19,33H,18H2,1H3,(H,32,34)/t19-/m1/s1. The summed E-state index contributed by atoms with van der Waals surface area (Å²) in [6.07, 6.45) is 0. The van der Waals surface area contributed by atoms with E-state index in [1.165, 1.54) is 30.3 Å². The van der Waals surface area contributed by atoms with Crippen LogP contribution in [0.3, 0.4) is 0 Å². The van der Waals surface area contributed by atoms with Crippen LogP contribution in [0.2, 0.25) is 10.0 Å². The van der Waals surface area contributed by atoms with Crippen molar-refractivity contribution in [2.24, 2.45) is 0 Å². The average molecular weight is 583 g/mol. The van der Waals surface area contributed by atoms with Crippen molar-refractivity contribution in [1.29, 1.82) is 0 Å². The van der Waals surface area contributed by atoms with E-state index in [9.17, 15) is 18.0 Å². The van der Waals surface area contributed by atoms with Gasteiger partial charge in [-0.05, 0) is 48.9 Å². The minimum atomic E-state index is -3.87. The number of anilines is 1. The molecule has 0 heterocycles. The van der Waals surface area contributed by atoms with Gasteiger partial charge in [-0.2, -0.15) is 0 Å². The molecular formula is C29H24Cl2N2O5S. The molecule has 200 valence electrons. The van der Waals surface area contributed by atoms with Crippen molar-refractivity contribution in [3.8, 4) is 5.75 Å². The maximum atomic E-state index is 13.0. The zero-order valence-corrected chi connectivity index (χ0v) is 23.1. The summed E-state index contributed by atoms with van der Waals surface area (Å²) in [7, 11) is -3.87. The third-order valence-corrected chi connectivity index (χ3v) is 7.81. The van der Waals surface area contributed by atoms with Crippen LogP contribution in [0.4, 0.5) is 5.69 Å². The summed E-state index contributed by atoms with van der Waals surface area (Å²) in [5.41, 5.74) is 1.76. The molecule has 10 heteroatoms. The molecule has 4 rings (SSSR count). The molecule has 1 amide bonds. The summed E-state index contributed by atoms with van der Waals surface area (Å²) in [4.78, 5) is 25.6. The number of hydrogen-bond donors (Lipinski definition) is 2. The monoisotopic (exact) mass is 582 g/mol. The zero-order chi connectivity index (χ0) is 28.0. The predicted octanol–water partition coefficient (Wildman–Crippen LogP) is 6.28. The molecule has 0 unspecified atom stereocenters. The van der Waals surface area contributed by atoms with Crippen molar-refractivity contribution >= 4 is 50.6 Å². The number of rotatable bonds is 10. The van der Waals surface area contributed by atoms with E-state index < -0.39 is 28.6 Å². The molecule has 0 aliphatic heterocycles. The number of ether oxygens (including phenoxy) is 1. The molecule has 0 aromatic heterocycles. The van der Waals surface area contributed by atoms with Gasteiger partial charge in [0, 0.05) is 22.2 Å². The summed E-state index contributed by atoms with van der Waals surface area (Å²) in [6.45, 7) is 1.31. The number of ketones is 1. The predicted molar refractivity (Wildman–Crippen MR) is 152 cm³/mol. The number of carbonyl (C=O) groups excluding carboxylic acids is 2. The van der Waals surface area contributed by atoms with Crippen LogP contribution in [0.5, 0.6) is 5.75 Å². The van der Waals surface area contributed by atoms with Gasteiger partial charge in [0.25, 0.3) is 5.91 Å². The fourth-order valence-electron chi connectivity index (χ4n) is 3.76. The lowest BCUT2D eigenvalue weighted by molar-refractivity contribution is -0.118. The molecule has 4 aromatic carbocycles. The zero-order valence-electron chi connectivity index (χ0n) is 20.7. The van der Waals surface area contributed by atoms with E-state index >= 15 is 0 Å². The lowest BCUT2D eigenvalue weighted by atomic mass is 10.0.